The van der Waals surface area contributed by atoms with E-state index in [4.69, 9.17) is 0 Å². The van der Waals surface area contributed by atoms with Gasteiger partial charge in [0.25, 0.3) is 0 Å². The fourth-order valence-electron chi connectivity index (χ4n) is 1.17. The van der Waals surface area contributed by atoms with Gasteiger partial charge >= 0.3 is 0 Å². The van der Waals surface area contributed by atoms with Crippen molar-refractivity contribution >= 4 is 5.91 Å². The first-order valence-corrected chi connectivity index (χ1v) is 4.80. The van der Waals surface area contributed by atoms with E-state index in [1.807, 2.05) is 37.0 Å². The highest BCUT2D eigenvalue weighted by atomic mass is 16.1. The Morgan fingerprint density at radius 1 is 1.57 bits per heavy atom. The number of hydrogen-bond donors (Lipinski definition) is 2. The van der Waals surface area contributed by atoms with E-state index in [1.165, 1.54) is 0 Å². The number of aromatic nitrogens is 1. The summed E-state index contributed by atoms with van der Waals surface area (Å²) in [6.45, 7) is 3.79. The van der Waals surface area contributed by atoms with E-state index in [-0.39, 0.29) is 5.91 Å². The molecule has 0 saturated carbocycles. The number of rotatable bonds is 5. The van der Waals surface area contributed by atoms with Crippen molar-refractivity contribution in [1.29, 1.82) is 0 Å². The maximum atomic E-state index is 11.2. The van der Waals surface area contributed by atoms with Crippen LogP contribution >= 0.6 is 0 Å². The Balaban J connectivity index is 2.23. The third-order valence-corrected chi connectivity index (χ3v) is 1.92. The van der Waals surface area contributed by atoms with E-state index in [9.17, 15) is 4.79 Å². The second-order valence-electron chi connectivity index (χ2n) is 3.24. The Hall–Kier alpha value is -1.29. The molecule has 1 aromatic heterocycles. The second kappa shape index (κ2) is 5.44. The van der Waals surface area contributed by atoms with Crippen LogP contribution in [-0.4, -0.2) is 23.6 Å². The molecule has 0 bridgehead atoms. The van der Waals surface area contributed by atoms with Crippen molar-refractivity contribution in [3.8, 4) is 0 Å². The smallest absolute Gasteiger partial charge is 0.234 e. The predicted octanol–water partition coefficient (Wildman–Crippen LogP) is 0.251. The first-order valence-electron chi connectivity index (χ1n) is 4.80. The normalized spacial score (nSPS) is 10.1. The van der Waals surface area contributed by atoms with Gasteiger partial charge in [-0.25, -0.2) is 0 Å². The quantitative estimate of drug-likeness (QED) is 0.707. The van der Waals surface area contributed by atoms with Crippen molar-refractivity contribution < 1.29 is 4.79 Å². The topological polar surface area (TPSA) is 46.1 Å². The summed E-state index contributed by atoms with van der Waals surface area (Å²) in [5.41, 5.74) is 1.12. The van der Waals surface area contributed by atoms with Crippen molar-refractivity contribution in [3.05, 3.63) is 24.0 Å². The third-order valence-electron chi connectivity index (χ3n) is 1.92. The van der Waals surface area contributed by atoms with Crippen LogP contribution in [0.3, 0.4) is 0 Å². The van der Waals surface area contributed by atoms with Crippen LogP contribution in [0, 0.1) is 0 Å². The van der Waals surface area contributed by atoms with Gasteiger partial charge in [0.15, 0.2) is 0 Å². The highest BCUT2D eigenvalue weighted by Gasteiger charge is 1.99. The third kappa shape index (κ3) is 3.62. The molecule has 0 aromatic carbocycles. The lowest BCUT2D eigenvalue weighted by molar-refractivity contribution is -0.120. The van der Waals surface area contributed by atoms with Gasteiger partial charge in [-0.05, 0) is 18.2 Å². The van der Waals surface area contributed by atoms with Crippen LogP contribution in [0.1, 0.15) is 12.5 Å². The minimum absolute atomic E-state index is 0.0377. The Kier molecular flexibility index (Phi) is 4.19. The highest BCUT2D eigenvalue weighted by Crippen LogP contribution is 1.97. The molecule has 0 aliphatic heterocycles. The molecule has 0 saturated heterocycles. The molecular weight excluding hydrogens is 178 g/mol. The first-order chi connectivity index (χ1) is 6.72. The average molecular weight is 195 g/mol. The summed E-state index contributed by atoms with van der Waals surface area (Å²) in [7, 11) is 1.96. The van der Waals surface area contributed by atoms with Crippen LogP contribution in [0.15, 0.2) is 18.5 Å². The van der Waals surface area contributed by atoms with Gasteiger partial charge in [0.1, 0.15) is 0 Å². The van der Waals surface area contributed by atoms with Crippen molar-refractivity contribution in [2.75, 3.05) is 13.1 Å². The number of carbonyl (C=O) groups is 1. The summed E-state index contributed by atoms with van der Waals surface area (Å²) in [6.07, 6.45) is 3.96. The molecule has 0 atom stereocenters. The van der Waals surface area contributed by atoms with Crippen molar-refractivity contribution in [2.24, 2.45) is 7.05 Å². The zero-order chi connectivity index (χ0) is 10.4. The van der Waals surface area contributed by atoms with E-state index < -0.39 is 0 Å². The molecular formula is C10H17N3O. The molecule has 2 N–H and O–H groups in total. The molecule has 0 radical (unpaired) electrons. The van der Waals surface area contributed by atoms with Gasteiger partial charge in [0, 0.05) is 26.0 Å². The van der Waals surface area contributed by atoms with Crippen LogP contribution in [0.4, 0.5) is 0 Å². The Morgan fingerprint density at radius 3 is 2.93 bits per heavy atom. The van der Waals surface area contributed by atoms with Crippen molar-refractivity contribution in [1.82, 2.24) is 15.2 Å². The second-order valence-corrected chi connectivity index (χ2v) is 3.24. The van der Waals surface area contributed by atoms with E-state index >= 15 is 0 Å². The monoisotopic (exact) mass is 195 g/mol. The average Bonchev–Trinajstić information content (AvgIpc) is 2.58. The summed E-state index contributed by atoms with van der Waals surface area (Å²) in [6, 6.07) is 1.99. The number of aryl methyl sites for hydroxylation is 1. The maximum Gasteiger partial charge on any atom is 0.234 e. The van der Waals surface area contributed by atoms with Gasteiger partial charge in [0.05, 0.1) is 6.54 Å². The standard InChI is InChI=1S/C10H17N3O/c1-3-11-7-10(14)12-6-9-4-5-13(2)8-9/h4-5,8,11H,3,6-7H2,1-2H3,(H,12,14). The molecule has 0 fully saturated rings. The number of amides is 1. The summed E-state index contributed by atoms with van der Waals surface area (Å²) >= 11 is 0. The van der Waals surface area contributed by atoms with Crippen molar-refractivity contribution in [3.63, 3.8) is 0 Å². The van der Waals surface area contributed by atoms with E-state index in [0.717, 1.165) is 12.1 Å². The SMILES string of the molecule is CCNCC(=O)NCc1ccn(C)c1. The van der Waals surface area contributed by atoms with Crippen molar-refractivity contribution in [2.45, 2.75) is 13.5 Å². The zero-order valence-electron chi connectivity index (χ0n) is 8.71. The van der Waals surface area contributed by atoms with Crippen LogP contribution in [-0.2, 0) is 18.4 Å². The first kappa shape index (κ1) is 10.8. The molecule has 0 unspecified atom stereocenters. The van der Waals surface area contributed by atoms with Gasteiger partial charge in [-0.3, -0.25) is 4.79 Å². The van der Waals surface area contributed by atoms with E-state index in [0.29, 0.717) is 13.1 Å². The van der Waals surface area contributed by atoms with Gasteiger partial charge < -0.3 is 15.2 Å². The molecule has 0 spiro atoms. The fraction of sp³-hybridized carbons (Fsp3) is 0.500. The summed E-state index contributed by atoms with van der Waals surface area (Å²) < 4.78 is 1.96. The number of nitrogens with zero attached hydrogens (tertiary/aromatic N) is 1. The fourth-order valence-corrected chi connectivity index (χ4v) is 1.17. The minimum atomic E-state index is 0.0377. The molecule has 1 heterocycles. The Bertz CT molecular complexity index is 293. The summed E-state index contributed by atoms with van der Waals surface area (Å²) in [5.74, 6) is 0.0377. The van der Waals surface area contributed by atoms with Crippen LogP contribution in [0.25, 0.3) is 0 Å². The molecule has 0 aliphatic carbocycles. The maximum absolute atomic E-state index is 11.2. The molecule has 14 heavy (non-hydrogen) atoms. The Labute approximate surface area is 84.3 Å². The number of carbonyl (C=O) groups excluding carboxylic acids is 1. The van der Waals surface area contributed by atoms with Crippen LogP contribution < -0.4 is 10.6 Å². The molecule has 4 nitrogen and oxygen atoms in total. The Morgan fingerprint density at radius 2 is 2.36 bits per heavy atom. The minimum Gasteiger partial charge on any atom is -0.357 e. The lowest BCUT2D eigenvalue weighted by Crippen LogP contribution is -2.33. The molecule has 0 aliphatic rings. The number of hydrogen-bond acceptors (Lipinski definition) is 2. The number of likely N-dealkylation sites (N-methyl/N-ethyl adjacent to an activating group) is 1. The molecule has 1 rings (SSSR count). The molecule has 1 amide bonds. The van der Waals surface area contributed by atoms with E-state index in [1.54, 1.807) is 0 Å². The van der Waals surface area contributed by atoms with Gasteiger partial charge in [-0.1, -0.05) is 6.92 Å². The predicted molar refractivity (Wildman–Crippen MR) is 55.8 cm³/mol. The number of nitrogens with one attached hydrogen (secondary N) is 2. The molecule has 78 valence electrons. The molecule has 4 heteroatoms. The zero-order valence-corrected chi connectivity index (χ0v) is 8.71. The molecule has 1 aromatic rings. The van der Waals surface area contributed by atoms with Gasteiger partial charge in [-0.2, -0.15) is 0 Å². The lowest BCUT2D eigenvalue weighted by atomic mass is 10.3. The van der Waals surface area contributed by atoms with Gasteiger partial charge in [0.2, 0.25) is 5.91 Å². The van der Waals surface area contributed by atoms with Gasteiger partial charge in [-0.15, -0.1) is 0 Å². The lowest BCUT2D eigenvalue weighted by Gasteiger charge is -2.03. The van der Waals surface area contributed by atoms with E-state index in [2.05, 4.69) is 10.6 Å². The summed E-state index contributed by atoms with van der Waals surface area (Å²) in [5, 5.41) is 5.80. The van der Waals surface area contributed by atoms with Crippen LogP contribution in [0.2, 0.25) is 0 Å². The largest absolute Gasteiger partial charge is 0.357 e. The summed E-state index contributed by atoms with van der Waals surface area (Å²) in [4.78, 5) is 11.2. The van der Waals surface area contributed by atoms with Crippen LogP contribution in [0.5, 0.6) is 0 Å². The highest BCUT2D eigenvalue weighted by molar-refractivity contribution is 5.77.